The van der Waals surface area contributed by atoms with Gasteiger partial charge in [0.15, 0.2) is 0 Å². The lowest BCUT2D eigenvalue weighted by Gasteiger charge is -2.45. The van der Waals surface area contributed by atoms with Gasteiger partial charge in [-0.1, -0.05) is 20.8 Å². The lowest BCUT2D eigenvalue weighted by atomic mass is 9.59. The average Bonchev–Trinajstić information content (AvgIpc) is 2.76. The Morgan fingerprint density at radius 2 is 2.22 bits per heavy atom. The molecule has 3 nitrogen and oxygen atoms in total. The van der Waals surface area contributed by atoms with Crippen molar-refractivity contribution in [2.75, 3.05) is 13.2 Å². The molecule has 2 bridgehead atoms. The summed E-state index contributed by atoms with van der Waals surface area (Å²) >= 11 is 0. The molecule has 1 heterocycles. The first-order valence-electron chi connectivity index (χ1n) is 7.02. The molecule has 3 heteroatoms. The van der Waals surface area contributed by atoms with E-state index in [0.717, 1.165) is 18.4 Å². The maximum absolute atomic E-state index is 12.0. The Morgan fingerprint density at radius 3 is 2.83 bits per heavy atom. The second-order valence-corrected chi connectivity index (χ2v) is 6.65. The third-order valence-electron chi connectivity index (χ3n) is 5.68. The predicted molar refractivity (Wildman–Crippen MR) is 67.7 cm³/mol. The minimum atomic E-state index is -0.121. The summed E-state index contributed by atoms with van der Waals surface area (Å²) in [6.45, 7) is 7.30. The van der Waals surface area contributed by atoms with E-state index in [1.54, 1.807) is 0 Å². The maximum Gasteiger partial charge on any atom is 0.334 e. The molecule has 1 saturated carbocycles. The predicted octanol–water partition coefficient (Wildman–Crippen LogP) is 2.15. The van der Waals surface area contributed by atoms with Crippen molar-refractivity contribution >= 4 is 5.97 Å². The minimum Gasteiger partial charge on any atom is -0.458 e. The molecule has 3 aliphatic rings. The summed E-state index contributed by atoms with van der Waals surface area (Å²) < 4.78 is 5.25. The topological polar surface area (TPSA) is 46.5 Å². The van der Waals surface area contributed by atoms with Crippen LogP contribution in [0.1, 0.15) is 33.6 Å². The van der Waals surface area contributed by atoms with E-state index in [4.69, 9.17) is 4.74 Å². The number of aliphatic hydroxyl groups excluding tert-OH is 1. The van der Waals surface area contributed by atoms with E-state index in [1.165, 1.54) is 5.57 Å². The van der Waals surface area contributed by atoms with Crippen LogP contribution in [0.2, 0.25) is 0 Å². The highest BCUT2D eigenvalue weighted by Crippen LogP contribution is 2.62. The Balaban J connectivity index is 2.09. The van der Waals surface area contributed by atoms with E-state index in [9.17, 15) is 9.90 Å². The van der Waals surface area contributed by atoms with Gasteiger partial charge in [-0.25, -0.2) is 4.79 Å². The van der Waals surface area contributed by atoms with Crippen LogP contribution in [0.3, 0.4) is 0 Å². The standard InChI is InChI=1S/C15H22O3/c1-8(2)9-4-5-15(3)10(6-16)12(9)13-11(15)7-18-14(13)17/h8-10,12,16H,4-7H2,1-3H3/t9-,10+,12+,15-/m1/s1. The number of cyclic esters (lactones) is 1. The molecule has 3 rings (SSSR count). The van der Waals surface area contributed by atoms with Gasteiger partial charge in [0.1, 0.15) is 6.61 Å². The fraction of sp³-hybridized carbons (Fsp3) is 0.800. The lowest BCUT2D eigenvalue weighted by Crippen LogP contribution is -2.42. The van der Waals surface area contributed by atoms with Gasteiger partial charge in [0.2, 0.25) is 0 Å². The van der Waals surface area contributed by atoms with Crippen LogP contribution in [0.4, 0.5) is 0 Å². The van der Waals surface area contributed by atoms with Crippen molar-refractivity contribution in [3.8, 4) is 0 Å². The molecule has 0 aromatic carbocycles. The summed E-state index contributed by atoms with van der Waals surface area (Å²) in [5.74, 6) is 1.38. The SMILES string of the molecule is CC(C)[C@H]1CC[C@@]2(C)C3=C(C(=O)OC3)[C@@H]1[C@@H]2CO. The Hall–Kier alpha value is -0.830. The summed E-state index contributed by atoms with van der Waals surface area (Å²) in [6, 6.07) is 0. The van der Waals surface area contributed by atoms with Gasteiger partial charge in [-0.2, -0.15) is 0 Å². The molecule has 4 atom stereocenters. The van der Waals surface area contributed by atoms with E-state index in [0.29, 0.717) is 18.4 Å². The monoisotopic (exact) mass is 250 g/mol. The number of carbonyl (C=O) groups excluding carboxylic acids is 1. The van der Waals surface area contributed by atoms with Crippen molar-refractivity contribution in [2.24, 2.45) is 29.1 Å². The molecule has 1 N–H and O–H groups in total. The minimum absolute atomic E-state index is 0.00764. The molecule has 0 saturated heterocycles. The summed E-state index contributed by atoms with van der Waals surface area (Å²) in [7, 11) is 0. The number of carbonyl (C=O) groups is 1. The summed E-state index contributed by atoms with van der Waals surface area (Å²) in [6.07, 6.45) is 2.24. The molecule has 0 amide bonds. The van der Waals surface area contributed by atoms with Crippen molar-refractivity contribution in [1.29, 1.82) is 0 Å². The van der Waals surface area contributed by atoms with Crippen LogP contribution in [0.25, 0.3) is 0 Å². The third-order valence-corrected chi connectivity index (χ3v) is 5.68. The molecule has 100 valence electrons. The molecule has 0 unspecified atom stereocenters. The molecule has 0 radical (unpaired) electrons. The summed E-state index contributed by atoms with van der Waals surface area (Å²) in [5, 5.41) is 9.80. The van der Waals surface area contributed by atoms with E-state index in [-0.39, 0.29) is 29.8 Å². The maximum atomic E-state index is 12.0. The molecule has 0 spiro atoms. The normalized spacial score (nSPS) is 42.5. The quantitative estimate of drug-likeness (QED) is 0.764. The van der Waals surface area contributed by atoms with Gasteiger partial charge in [0.25, 0.3) is 0 Å². The van der Waals surface area contributed by atoms with Gasteiger partial charge in [0.05, 0.1) is 0 Å². The van der Waals surface area contributed by atoms with Crippen LogP contribution in [-0.4, -0.2) is 24.3 Å². The number of ether oxygens (including phenoxy) is 1. The number of esters is 1. The van der Waals surface area contributed by atoms with Gasteiger partial charge in [0, 0.05) is 18.1 Å². The largest absolute Gasteiger partial charge is 0.458 e. The van der Waals surface area contributed by atoms with Crippen molar-refractivity contribution in [2.45, 2.75) is 33.6 Å². The van der Waals surface area contributed by atoms with Crippen molar-refractivity contribution in [3.05, 3.63) is 11.1 Å². The van der Waals surface area contributed by atoms with Gasteiger partial charge in [-0.3, -0.25) is 0 Å². The van der Waals surface area contributed by atoms with Crippen LogP contribution in [-0.2, 0) is 9.53 Å². The molecule has 18 heavy (non-hydrogen) atoms. The smallest absolute Gasteiger partial charge is 0.334 e. The van der Waals surface area contributed by atoms with Crippen LogP contribution in [0.15, 0.2) is 11.1 Å². The third kappa shape index (κ3) is 1.31. The first-order chi connectivity index (χ1) is 8.50. The zero-order chi connectivity index (χ0) is 13.1. The second-order valence-electron chi connectivity index (χ2n) is 6.65. The number of hydrogen-bond donors (Lipinski definition) is 1. The van der Waals surface area contributed by atoms with Crippen LogP contribution >= 0.6 is 0 Å². The summed E-state index contributed by atoms with van der Waals surface area (Å²) in [5.41, 5.74) is 2.11. The van der Waals surface area contributed by atoms with Gasteiger partial charge < -0.3 is 9.84 Å². The van der Waals surface area contributed by atoms with E-state index in [1.807, 2.05) is 0 Å². The molecule has 0 aromatic heterocycles. The highest BCUT2D eigenvalue weighted by atomic mass is 16.5. The van der Waals surface area contributed by atoms with E-state index >= 15 is 0 Å². The van der Waals surface area contributed by atoms with Crippen LogP contribution in [0, 0.1) is 29.1 Å². The van der Waals surface area contributed by atoms with Crippen molar-refractivity contribution in [1.82, 2.24) is 0 Å². The molecule has 1 aliphatic heterocycles. The van der Waals surface area contributed by atoms with E-state index in [2.05, 4.69) is 20.8 Å². The Bertz CT molecular complexity index is 423. The lowest BCUT2D eigenvalue weighted by molar-refractivity contribution is -0.138. The fourth-order valence-electron chi connectivity index (χ4n) is 4.61. The van der Waals surface area contributed by atoms with Gasteiger partial charge in [-0.05, 0) is 41.6 Å². The first kappa shape index (κ1) is 12.2. The van der Waals surface area contributed by atoms with Crippen LogP contribution < -0.4 is 0 Å². The molecular weight excluding hydrogens is 228 g/mol. The Labute approximate surface area is 108 Å². The molecular formula is C15H22O3. The van der Waals surface area contributed by atoms with Gasteiger partial charge in [-0.15, -0.1) is 0 Å². The molecule has 2 aliphatic carbocycles. The Morgan fingerprint density at radius 1 is 1.50 bits per heavy atom. The molecule has 0 aromatic rings. The number of hydrogen-bond acceptors (Lipinski definition) is 3. The zero-order valence-corrected chi connectivity index (χ0v) is 11.4. The first-order valence-corrected chi connectivity index (χ1v) is 7.02. The van der Waals surface area contributed by atoms with Crippen molar-refractivity contribution < 1.29 is 14.6 Å². The average molecular weight is 250 g/mol. The second kappa shape index (κ2) is 3.83. The van der Waals surface area contributed by atoms with Crippen molar-refractivity contribution in [3.63, 3.8) is 0 Å². The molecule has 1 fully saturated rings. The highest BCUT2D eigenvalue weighted by molar-refractivity contribution is 5.94. The number of rotatable bonds is 2. The van der Waals surface area contributed by atoms with Crippen LogP contribution in [0.5, 0.6) is 0 Å². The number of aliphatic hydroxyl groups is 1. The van der Waals surface area contributed by atoms with E-state index < -0.39 is 0 Å². The van der Waals surface area contributed by atoms with Gasteiger partial charge >= 0.3 is 5.97 Å². The fourth-order valence-corrected chi connectivity index (χ4v) is 4.61. The zero-order valence-electron chi connectivity index (χ0n) is 11.4. The summed E-state index contributed by atoms with van der Waals surface area (Å²) in [4.78, 5) is 12.0. The number of fused-ring (bicyclic) bond motifs is 4. The highest BCUT2D eigenvalue weighted by Gasteiger charge is 2.59. The Kier molecular flexibility index (Phi) is 2.60.